The topological polar surface area (TPSA) is 78.9 Å². The van der Waals surface area contributed by atoms with Gasteiger partial charge in [-0.25, -0.2) is 4.39 Å². The Morgan fingerprint density at radius 2 is 2.27 bits per heavy atom. The van der Waals surface area contributed by atoms with Gasteiger partial charge in [-0.3, -0.25) is 4.79 Å². The summed E-state index contributed by atoms with van der Waals surface area (Å²) in [6.45, 7) is 0. The lowest BCUT2D eigenvalue weighted by Crippen LogP contribution is -2.20. The Morgan fingerprint density at radius 1 is 1.53 bits per heavy atom. The lowest BCUT2D eigenvalue weighted by atomic mass is 9.96. The second-order valence-corrected chi connectivity index (χ2v) is 3.33. The van der Waals surface area contributed by atoms with Crippen LogP contribution in [0.15, 0.2) is 6.07 Å². The highest BCUT2D eigenvalue weighted by molar-refractivity contribution is 5.95. The zero-order valence-corrected chi connectivity index (χ0v) is 7.80. The normalized spacial score (nSPS) is 14.0. The SMILES string of the molecule is N#Cc1c(N)c(F)cc2c1CCC(=O)N2. The van der Waals surface area contributed by atoms with Crippen molar-refractivity contribution in [1.29, 1.82) is 5.26 Å². The van der Waals surface area contributed by atoms with Crippen LogP contribution in [0.3, 0.4) is 0 Å². The molecule has 1 aromatic carbocycles. The van der Waals surface area contributed by atoms with E-state index in [1.165, 1.54) is 0 Å². The van der Waals surface area contributed by atoms with Crippen molar-refractivity contribution < 1.29 is 9.18 Å². The number of amides is 1. The van der Waals surface area contributed by atoms with E-state index in [4.69, 9.17) is 11.0 Å². The average Bonchev–Trinajstić information content (AvgIpc) is 2.20. The van der Waals surface area contributed by atoms with E-state index in [2.05, 4.69) is 5.32 Å². The van der Waals surface area contributed by atoms with Crippen LogP contribution in [0.2, 0.25) is 0 Å². The molecular formula is C10H8FN3O. The summed E-state index contributed by atoms with van der Waals surface area (Å²) >= 11 is 0. The Kier molecular flexibility index (Phi) is 2.05. The summed E-state index contributed by atoms with van der Waals surface area (Å²) in [5.41, 5.74) is 6.40. The number of nitrogen functional groups attached to an aromatic ring is 1. The minimum Gasteiger partial charge on any atom is -0.395 e. The third-order valence-electron chi connectivity index (χ3n) is 2.41. The van der Waals surface area contributed by atoms with E-state index in [0.717, 1.165) is 6.07 Å². The molecule has 76 valence electrons. The average molecular weight is 205 g/mol. The number of benzene rings is 1. The van der Waals surface area contributed by atoms with E-state index in [0.29, 0.717) is 24.1 Å². The van der Waals surface area contributed by atoms with Gasteiger partial charge in [-0.15, -0.1) is 0 Å². The number of carbonyl (C=O) groups excluding carboxylic acids is 1. The van der Waals surface area contributed by atoms with Gasteiger partial charge in [0.1, 0.15) is 11.9 Å². The molecule has 4 nitrogen and oxygen atoms in total. The molecule has 0 saturated carbocycles. The number of nitriles is 1. The second kappa shape index (κ2) is 3.24. The second-order valence-electron chi connectivity index (χ2n) is 3.33. The minimum absolute atomic E-state index is 0.130. The number of halogens is 1. The molecule has 1 aliphatic heterocycles. The molecule has 1 heterocycles. The summed E-state index contributed by atoms with van der Waals surface area (Å²) in [4.78, 5) is 11.1. The van der Waals surface area contributed by atoms with Gasteiger partial charge in [-0.1, -0.05) is 0 Å². The molecule has 2 rings (SSSR count). The summed E-state index contributed by atoms with van der Waals surface area (Å²) < 4.78 is 13.3. The number of hydrogen-bond donors (Lipinski definition) is 2. The quantitative estimate of drug-likeness (QED) is 0.624. The maximum Gasteiger partial charge on any atom is 0.224 e. The summed E-state index contributed by atoms with van der Waals surface area (Å²) in [6.07, 6.45) is 0.724. The van der Waals surface area contributed by atoms with Crippen LogP contribution in [0.5, 0.6) is 0 Å². The molecule has 0 unspecified atom stereocenters. The van der Waals surface area contributed by atoms with Crippen LogP contribution >= 0.6 is 0 Å². The molecule has 0 atom stereocenters. The first-order valence-corrected chi connectivity index (χ1v) is 4.44. The van der Waals surface area contributed by atoms with Gasteiger partial charge in [0.15, 0.2) is 0 Å². The van der Waals surface area contributed by atoms with E-state index in [1.54, 1.807) is 0 Å². The molecule has 0 aromatic heterocycles. The van der Waals surface area contributed by atoms with Crippen molar-refractivity contribution in [2.45, 2.75) is 12.8 Å². The maximum absolute atomic E-state index is 13.3. The van der Waals surface area contributed by atoms with E-state index >= 15 is 0 Å². The molecule has 1 amide bonds. The monoisotopic (exact) mass is 205 g/mol. The van der Waals surface area contributed by atoms with E-state index < -0.39 is 5.82 Å². The number of hydrogen-bond acceptors (Lipinski definition) is 3. The lowest BCUT2D eigenvalue weighted by molar-refractivity contribution is -0.116. The third kappa shape index (κ3) is 1.40. The van der Waals surface area contributed by atoms with Crippen LogP contribution in [0, 0.1) is 17.1 Å². The van der Waals surface area contributed by atoms with Gasteiger partial charge in [0.25, 0.3) is 0 Å². The summed E-state index contributed by atoms with van der Waals surface area (Å²) in [5.74, 6) is -0.844. The van der Waals surface area contributed by atoms with Crippen molar-refractivity contribution in [3.8, 4) is 6.07 Å². The maximum atomic E-state index is 13.3. The Labute approximate surface area is 85.5 Å². The van der Waals surface area contributed by atoms with Crippen LogP contribution in [0.1, 0.15) is 17.5 Å². The molecule has 0 bridgehead atoms. The van der Waals surface area contributed by atoms with Crippen molar-refractivity contribution in [2.75, 3.05) is 11.1 Å². The Bertz CT molecular complexity index is 490. The van der Waals surface area contributed by atoms with E-state index in [1.807, 2.05) is 6.07 Å². The van der Waals surface area contributed by atoms with Gasteiger partial charge in [0.2, 0.25) is 5.91 Å². The predicted octanol–water partition coefficient (Wildman–Crippen LogP) is 1.16. The number of rotatable bonds is 0. The highest BCUT2D eigenvalue weighted by atomic mass is 19.1. The molecular weight excluding hydrogens is 197 g/mol. The van der Waals surface area contributed by atoms with Crippen LogP contribution in [-0.4, -0.2) is 5.91 Å². The van der Waals surface area contributed by atoms with Crippen molar-refractivity contribution >= 4 is 17.3 Å². The number of nitrogens with zero attached hydrogens (tertiary/aromatic N) is 1. The van der Waals surface area contributed by atoms with Gasteiger partial charge in [-0.05, 0) is 18.1 Å². The first-order valence-electron chi connectivity index (χ1n) is 4.44. The van der Waals surface area contributed by atoms with Gasteiger partial charge in [-0.2, -0.15) is 5.26 Å². The van der Waals surface area contributed by atoms with Gasteiger partial charge in [0, 0.05) is 12.1 Å². The molecule has 0 radical (unpaired) electrons. The molecule has 1 aliphatic rings. The highest BCUT2D eigenvalue weighted by Crippen LogP contribution is 2.31. The molecule has 1 aromatic rings. The lowest BCUT2D eigenvalue weighted by Gasteiger charge is -2.18. The molecule has 15 heavy (non-hydrogen) atoms. The molecule has 0 spiro atoms. The highest BCUT2D eigenvalue weighted by Gasteiger charge is 2.21. The molecule has 0 aliphatic carbocycles. The van der Waals surface area contributed by atoms with Crippen molar-refractivity contribution in [3.63, 3.8) is 0 Å². The van der Waals surface area contributed by atoms with Crippen molar-refractivity contribution in [2.24, 2.45) is 0 Å². The Morgan fingerprint density at radius 3 is 2.93 bits per heavy atom. The Balaban J connectivity index is 2.67. The summed E-state index contributed by atoms with van der Waals surface area (Å²) in [6, 6.07) is 3.02. The van der Waals surface area contributed by atoms with Crippen LogP contribution in [-0.2, 0) is 11.2 Å². The molecule has 0 saturated heterocycles. The molecule has 3 N–H and O–H groups in total. The third-order valence-corrected chi connectivity index (χ3v) is 2.41. The predicted molar refractivity (Wildman–Crippen MR) is 52.5 cm³/mol. The summed E-state index contributed by atoms with van der Waals surface area (Å²) in [5, 5.41) is 11.4. The fourth-order valence-corrected chi connectivity index (χ4v) is 1.66. The van der Waals surface area contributed by atoms with Crippen LogP contribution in [0.4, 0.5) is 15.8 Å². The molecule has 5 heteroatoms. The first-order chi connectivity index (χ1) is 7.13. The largest absolute Gasteiger partial charge is 0.395 e. The number of nitrogens with one attached hydrogen (secondary N) is 1. The fourth-order valence-electron chi connectivity index (χ4n) is 1.66. The zero-order chi connectivity index (χ0) is 11.0. The van der Waals surface area contributed by atoms with Crippen LogP contribution in [0.25, 0.3) is 0 Å². The first kappa shape index (κ1) is 9.46. The van der Waals surface area contributed by atoms with Crippen molar-refractivity contribution in [1.82, 2.24) is 0 Å². The fraction of sp³-hybridized carbons (Fsp3) is 0.200. The number of nitrogens with two attached hydrogens (primary N) is 1. The Hall–Kier alpha value is -2.09. The van der Waals surface area contributed by atoms with Crippen LogP contribution < -0.4 is 11.1 Å². The molecule has 0 fully saturated rings. The summed E-state index contributed by atoms with van der Waals surface area (Å²) in [7, 11) is 0. The van der Waals surface area contributed by atoms with Gasteiger partial charge in [0.05, 0.1) is 11.3 Å². The van der Waals surface area contributed by atoms with E-state index in [-0.39, 0.29) is 17.2 Å². The number of carbonyl (C=O) groups is 1. The zero-order valence-electron chi connectivity index (χ0n) is 7.80. The smallest absolute Gasteiger partial charge is 0.224 e. The van der Waals surface area contributed by atoms with Gasteiger partial charge < -0.3 is 11.1 Å². The van der Waals surface area contributed by atoms with E-state index in [9.17, 15) is 9.18 Å². The number of anilines is 2. The minimum atomic E-state index is -0.674. The standard InChI is InChI=1S/C10H8FN3O/c11-7-3-8-5(1-2-9(15)14-8)6(4-12)10(7)13/h3H,1-2,13H2,(H,14,15). The van der Waals surface area contributed by atoms with Crippen molar-refractivity contribution in [3.05, 3.63) is 23.0 Å². The van der Waals surface area contributed by atoms with Gasteiger partial charge >= 0.3 is 0 Å². The number of fused-ring (bicyclic) bond motifs is 1.